The molecule has 0 aromatic heterocycles. The van der Waals surface area contributed by atoms with Gasteiger partial charge in [0.2, 0.25) is 0 Å². The normalized spacial score (nSPS) is 8.32. The first-order valence-corrected chi connectivity index (χ1v) is 7.47. The first kappa shape index (κ1) is 29.7. The van der Waals surface area contributed by atoms with Crippen molar-refractivity contribution in [1.82, 2.24) is 0 Å². The van der Waals surface area contributed by atoms with Crippen LogP contribution in [0.4, 0.5) is 0 Å². The predicted molar refractivity (Wildman–Crippen MR) is 81.5 cm³/mol. The van der Waals surface area contributed by atoms with Crippen LogP contribution >= 0.6 is 0 Å². The molecule has 0 spiro atoms. The number of carbonyl (C=O) groups is 3. The first-order chi connectivity index (χ1) is 9.81. The SMILES string of the molecule is CCCCC(=O)O.CCCCC(=O)O.CCCCC(=O)O.[Pr]. The fourth-order valence-electron chi connectivity index (χ4n) is 0.984. The van der Waals surface area contributed by atoms with E-state index in [0.29, 0.717) is 19.3 Å². The Labute approximate surface area is 166 Å². The molecule has 22 heavy (non-hydrogen) atoms. The molecule has 0 aliphatic carbocycles. The van der Waals surface area contributed by atoms with E-state index < -0.39 is 17.9 Å². The number of hydrogen-bond donors (Lipinski definition) is 3. The average Bonchev–Trinajstić information content (AvgIpc) is 2.41. The van der Waals surface area contributed by atoms with Crippen LogP contribution in [0.3, 0.4) is 0 Å². The average molecular weight is 447 g/mol. The second-order valence-electron chi connectivity index (χ2n) is 4.49. The Balaban J connectivity index is -0.000000108. The molecule has 0 bridgehead atoms. The zero-order chi connectivity index (χ0) is 17.1. The molecule has 7 heteroatoms. The molecule has 0 fully saturated rings. The molecule has 0 saturated carbocycles. The molecule has 3 N–H and O–H groups in total. The van der Waals surface area contributed by atoms with Gasteiger partial charge >= 0.3 is 17.9 Å². The number of hydrogen-bond acceptors (Lipinski definition) is 3. The van der Waals surface area contributed by atoms with Crippen molar-refractivity contribution in [1.29, 1.82) is 0 Å². The van der Waals surface area contributed by atoms with Crippen molar-refractivity contribution in [2.24, 2.45) is 0 Å². The molecule has 0 aliphatic heterocycles. The molecule has 0 unspecified atom stereocenters. The van der Waals surface area contributed by atoms with Gasteiger partial charge in [0.15, 0.2) is 0 Å². The maximum atomic E-state index is 9.76. The molecule has 0 aliphatic rings. The van der Waals surface area contributed by atoms with Gasteiger partial charge in [0.05, 0.1) is 0 Å². The smallest absolute Gasteiger partial charge is 0.303 e. The van der Waals surface area contributed by atoms with Gasteiger partial charge in [-0.05, 0) is 19.3 Å². The van der Waals surface area contributed by atoms with E-state index in [-0.39, 0.29) is 41.3 Å². The number of aliphatic carboxylic acids is 3. The van der Waals surface area contributed by atoms with E-state index in [1.807, 2.05) is 20.8 Å². The quantitative estimate of drug-likeness (QED) is 0.496. The third-order valence-electron chi connectivity index (χ3n) is 2.23. The van der Waals surface area contributed by atoms with Gasteiger partial charge in [-0.15, -0.1) is 0 Å². The van der Waals surface area contributed by atoms with Crippen LogP contribution in [0.25, 0.3) is 0 Å². The Kier molecular flexibility index (Phi) is 34.8. The van der Waals surface area contributed by atoms with E-state index in [1.165, 1.54) is 0 Å². The van der Waals surface area contributed by atoms with Crippen LogP contribution in [0.15, 0.2) is 0 Å². The van der Waals surface area contributed by atoms with Gasteiger partial charge in [-0.2, -0.15) is 0 Å². The topological polar surface area (TPSA) is 112 Å². The van der Waals surface area contributed by atoms with Crippen LogP contribution in [0.2, 0.25) is 0 Å². The van der Waals surface area contributed by atoms with Crippen LogP contribution < -0.4 is 0 Å². The number of rotatable bonds is 9. The summed E-state index contributed by atoms with van der Waals surface area (Å²) < 4.78 is 0. The molecular weight excluding hydrogens is 417 g/mol. The molecule has 1 radical (unpaired) electrons. The van der Waals surface area contributed by atoms with Gasteiger partial charge in [-0.1, -0.05) is 40.0 Å². The van der Waals surface area contributed by atoms with Gasteiger partial charge in [0, 0.05) is 60.6 Å². The maximum Gasteiger partial charge on any atom is 0.303 e. The molecule has 0 aromatic carbocycles. The minimum absolute atomic E-state index is 0. The summed E-state index contributed by atoms with van der Waals surface area (Å²) in [5.41, 5.74) is 0. The third-order valence-corrected chi connectivity index (χ3v) is 2.23. The molecular formula is C15H30O6Pr. The maximum absolute atomic E-state index is 9.76. The third kappa shape index (κ3) is 50.3. The molecule has 129 valence electrons. The summed E-state index contributed by atoms with van der Waals surface area (Å²) in [6, 6.07) is 0. The van der Waals surface area contributed by atoms with Gasteiger partial charge in [-0.3, -0.25) is 14.4 Å². The molecule has 0 rings (SSSR count). The van der Waals surface area contributed by atoms with Crippen LogP contribution in [-0.4, -0.2) is 33.2 Å². The van der Waals surface area contributed by atoms with E-state index in [1.54, 1.807) is 0 Å². The Morgan fingerprint density at radius 1 is 0.591 bits per heavy atom. The molecule has 0 aromatic rings. The molecule has 6 nitrogen and oxygen atoms in total. The molecule has 0 saturated heterocycles. The van der Waals surface area contributed by atoms with E-state index in [2.05, 4.69) is 0 Å². The van der Waals surface area contributed by atoms with Crippen LogP contribution in [0.1, 0.15) is 78.6 Å². The largest absolute Gasteiger partial charge is 0.481 e. The number of carboxylic acid groups (broad SMARTS) is 3. The number of carboxylic acids is 3. The van der Waals surface area contributed by atoms with Crippen LogP contribution in [0.5, 0.6) is 0 Å². The van der Waals surface area contributed by atoms with E-state index in [9.17, 15) is 14.4 Å². The molecule has 0 amide bonds. The van der Waals surface area contributed by atoms with Crippen molar-refractivity contribution in [3.63, 3.8) is 0 Å². The Morgan fingerprint density at radius 2 is 0.773 bits per heavy atom. The minimum Gasteiger partial charge on any atom is -0.481 e. The second-order valence-corrected chi connectivity index (χ2v) is 4.49. The van der Waals surface area contributed by atoms with E-state index >= 15 is 0 Å². The second kappa shape index (κ2) is 25.7. The molecule has 0 atom stereocenters. The minimum atomic E-state index is -0.693. The zero-order valence-corrected chi connectivity index (χ0v) is 17.7. The first-order valence-electron chi connectivity index (χ1n) is 7.47. The van der Waals surface area contributed by atoms with E-state index in [0.717, 1.165) is 38.5 Å². The fraction of sp³-hybridized carbons (Fsp3) is 0.800. The van der Waals surface area contributed by atoms with E-state index in [4.69, 9.17) is 15.3 Å². The Bertz CT molecular complexity index is 226. The van der Waals surface area contributed by atoms with Crippen molar-refractivity contribution in [2.45, 2.75) is 78.6 Å². The van der Waals surface area contributed by atoms with Crippen molar-refractivity contribution in [3.8, 4) is 0 Å². The van der Waals surface area contributed by atoms with Crippen LogP contribution in [-0.2, 0) is 14.4 Å². The van der Waals surface area contributed by atoms with Crippen molar-refractivity contribution < 1.29 is 71.0 Å². The summed E-state index contributed by atoms with van der Waals surface area (Å²) in [6.07, 6.45) is 6.24. The summed E-state index contributed by atoms with van der Waals surface area (Å²) in [5.74, 6) is -2.08. The predicted octanol–water partition coefficient (Wildman–Crippen LogP) is 3.78. The summed E-state index contributed by atoms with van der Waals surface area (Å²) in [4.78, 5) is 29.3. The van der Waals surface area contributed by atoms with Gasteiger partial charge in [0.1, 0.15) is 0 Å². The Morgan fingerprint density at radius 3 is 0.818 bits per heavy atom. The van der Waals surface area contributed by atoms with Crippen molar-refractivity contribution >= 4 is 17.9 Å². The summed E-state index contributed by atoms with van der Waals surface area (Å²) in [7, 11) is 0. The van der Waals surface area contributed by atoms with Gasteiger partial charge in [-0.25, -0.2) is 0 Å². The fourth-order valence-corrected chi connectivity index (χ4v) is 0.984. The van der Waals surface area contributed by atoms with Gasteiger partial charge in [0.25, 0.3) is 0 Å². The Hall–Kier alpha value is -0.226. The van der Waals surface area contributed by atoms with Crippen molar-refractivity contribution in [3.05, 3.63) is 0 Å². The summed E-state index contributed by atoms with van der Waals surface area (Å²) in [6.45, 7) is 5.93. The van der Waals surface area contributed by atoms with Crippen molar-refractivity contribution in [2.75, 3.05) is 0 Å². The summed E-state index contributed by atoms with van der Waals surface area (Å²) in [5, 5.41) is 24.1. The standard InChI is InChI=1S/3C5H10O2.Pr/c3*1-2-3-4-5(6)7;/h3*2-4H2,1H3,(H,6,7);. The zero-order valence-electron chi connectivity index (χ0n) is 14.0. The monoisotopic (exact) mass is 447 g/mol. The van der Waals surface area contributed by atoms with Gasteiger partial charge < -0.3 is 15.3 Å². The summed E-state index contributed by atoms with van der Waals surface area (Å²) >= 11 is 0. The number of unbranched alkanes of at least 4 members (excludes halogenated alkanes) is 3. The van der Waals surface area contributed by atoms with Crippen LogP contribution in [0, 0.1) is 41.3 Å². The molecule has 0 heterocycles.